The van der Waals surface area contributed by atoms with Crippen molar-refractivity contribution in [1.82, 2.24) is 25.0 Å². The average Bonchev–Trinajstić information content (AvgIpc) is 3.79. The third kappa shape index (κ3) is 13.9. The molecule has 0 spiro atoms. The molecule has 11 nitrogen and oxygen atoms in total. The zero-order chi connectivity index (χ0) is 36.9. The number of nitrogens with zero attached hydrogens (tertiary/aromatic N) is 3. The standard InChI is InChI=1S/C24H27N3O3.C12H24N2O.C2H6.CH2O2/c1-18(22-13-25-23-10-6-5-9-21(22)23)14-27(20-11-12-26(15-20)17-28)24(29)30-16-19-7-3-2-4-8-19;1-10(11-7-5-4-6-8-11)13-12(15)9-14(2)3;1-2;2-1-3/h2-10,13,17-18,20,25H,11-12,14-16H2,1H3;10-11H,4-9H2,1-3H3,(H,13,15);1-2H3;1H,(H,2,3). The Labute approximate surface area is 298 Å². The Bertz CT molecular complexity index is 1410. The van der Waals surface area contributed by atoms with Gasteiger partial charge in [0.2, 0.25) is 12.3 Å². The van der Waals surface area contributed by atoms with E-state index in [2.05, 4.69) is 36.3 Å². The van der Waals surface area contributed by atoms with Crippen molar-refractivity contribution < 1.29 is 29.0 Å². The van der Waals surface area contributed by atoms with Crippen molar-refractivity contribution in [2.24, 2.45) is 5.92 Å². The number of aromatic nitrogens is 1. The van der Waals surface area contributed by atoms with E-state index >= 15 is 0 Å². The number of ether oxygens (including phenoxy) is 1. The lowest BCUT2D eigenvalue weighted by Crippen LogP contribution is -2.44. The molecule has 0 bridgehead atoms. The van der Waals surface area contributed by atoms with Gasteiger partial charge in [-0.1, -0.05) is 88.6 Å². The number of benzene rings is 2. The van der Waals surface area contributed by atoms with Gasteiger partial charge in [-0.2, -0.15) is 0 Å². The van der Waals surface area contributed by atoms with Gasteiger partial charge in [-0.25, -0.2) is 4.79 Å². The highest BCUT2D eigenvalue weighted by molar-refractivity contribution is 5.83. The Kier molecular flexibility index (Phi) is 19.3. The number of likely N-dealkylation sites (N-methyl/N-ethyl adjacent to an activating group) is 1. The highest BCUT2D eigenvalue weighted by atomic mass is 16.6. The maximum Gasteiger partial charge on any atom is 0.410 e. The first-order valence-electron chi connectivity index (χ1n) is 17.9. The second-order valence-electron chi connectivity index (χ2n) is 13.0. The maximum absolute atomic E-state index is 13.1. The lowest BCUT2D eigenvalue weighted by atomic mass is 9.84. The number of aromatic amines is 1. The first kappa shape index (κ1) is 41.8. The van der Waals surface area contributed by atoms with Crippen LogP contribution in [0.1, 0.15) is 83.3 Å². The molecule has 276 valence electrons. The molecule has 2 aliphatic rings. The van der Waals surface area contributed by atoms with Crippen LogP contribution in [0.15, 0.2) is 60.8 Å². The fraction of sp³-hybridized carbons (Fsp3) is 0.538. The van der Waals surface area contributed by atoms with Crippen LogP contribution in [0.4, 0.5) is 4.79 Å². The summed E-state index contributed by atoms with van der Waals surface area (Å²) >= 11 is 0. The fourth-order valence-electron chi connectivity index (χ4n) is 6.53. The molecular formula is C39H59N5O6. The number of carbonyl (C=O) groups is 4. The number of hydrogen-bond donors (Lipinski definition) is 3. The molecule has 1 aromatic heterocycles. The van der Waals surface area contributed by atoms with Crippen molar-refractivity contribution in [1.29, 1.82) is 0 Å². The minimum Gasteiger partial charge on any atom is -0.483 e. The summed E-state index contributed by atoms with van der Waals surface area (Å²) < 4.78 is 5.65. The van der Waals surface area contributed by atoms with Gasteiger partial charge in [0.1, 0.15) is 6.61 Å². The fourth-order valence-corrected chi connectivity index (χ4v) is 6.53. The molecule has 1 aliphatic carbocycles. The third-order valence-electron chi connectivity index (χ3n) is 9.05. The zero-order valence-corrected chi connectivity index (χ0v) is 30.8. The number of carboxylic acid groups (broad SMARTS) is 1. The second kappa shape index (κ2) is 23.1. The summed E-state index contributed by atoms with van der Waals surface area (Å²) in [6.45, 7) is 10.5. The summed E-state index contributed by atoms with van der Waals surface area (Å²) in [5, 5.41) is 11.2. The smallest absolute Gasteiger partial charge is 0.410 e. The summed E-state index contributed by atoms with van der Waals surface area (Å²) in [6.07, 6.45) is 9.91. The van der Waals surface area contributed by atoms with Gasteiger partial charge < -0.3 is 34.8 Å². The number of rotatable bonds is 11. The van der Waals surface area contributed by atoms with Crippen LogP contribution in [-0.2, 0) is 25.7 Å². The van der Waals surface area contributed by atoms with Crippen LogP contribution >= 0.6 is 0 Å². The predicted molar refractivity (Wildman–Crippen MR) is 199 cm³/mol. The molecule has 3 amide bonds. The topological polar surface area (TPSA) is 135 Å². The number of fused-ring (bicyclic) bond motifs is 1. The summed E-state index contributed by atoms with van der Waals surface area (Å²) in [4.78, 5) is 52.9. The molecule has 3 N–H and O–H groups in total. The minimum absolute atomic E-state index is 0.0360. The molecule has 50 heavy (non-hydrogen) atoms. The molecule has 1 aliphatic heterocycles. The number of nitrogens with one attached hydrogen (secondary N) is 2. The highest BCUT2D eigenvalue weighted by Gasteiger charge is 2.33. The molecule has 5 rings (SSSR count). The van der Waals surface area contributed by atoms with Gasteiger partial charge in [0.15, 0.2) is 0 Å². The van der Waals surface area contributed by atoms with E-state index in [0.717, 1.165) is 23.9 Å². The van der Waals surface area contributed by atoms with Crippen LogP contribution in [0.5, 0.6) is 0 Å². The Balaban J connectivity index is 0.000000364. The van der Waals surface area contributed by atoms with Crippen LogP contribution in [0.25, 0.3) is 10.9 Å². The number of H-pyrrole nitrogens is 1. The molecule has 3 aromatic rings. The minimum atomic E-state index is -0.330. The van der Waals surface area contributed by atoms with Crippen molar-refractivity contribution in [2.75, 3.05) is 40.3 Å². The first-order valence-corrected chi connectivity index (χ1v) is 17.9. The van der Waals surface area contributed by atoms with E-state index < -0.39 is 0 Å². The molecule has 11 heteroatoms. The van der Waals surface area contributed by atoms with E-state index in [1.807, 2.05) is 81.5 Å². The van der Waals surface area contributed by atoms with Gasteiger partial charge in [-0.15, -0.1) is 0 Å². The largest absolute Gasteiger partial charge is 0.483 e. The molecule has 0 radical (unpaired) electrons. The highest BCUT2D eigenvalue weighted by Crippen LogP contribution is 2.28. The van der Waals surface area contributed by atoms with Gasteiger partial charge in [0.25, 0.3) is 6.47 Å². The Morgan fingerprint density at radius 2 is 1.64 bits per heavy atom. The van der Waals surface area contributed by atoms with Crippen molar-refractivity contribution in [3.05, 3.63) is 71.9 Å². The molecular weight excluding hydrogens is 634 g/mol. The Morgan fingerprint density at radius 1 is 1.00 bits per heavy atom. The molecule has 2 fully saturated rings. The zero-order valence-electron chi connectivity index (χ0n) is 30.8. The molecule has 3 atom stereocenters. The monoisotopic (exact) mass is 693 g/mol. The summed E-state index contributed by atoms with van der Waals surface area (Å²) in [5.74, 6) is 0.971. The molecule has 3 unspecified atom stereocenters. The molecule has 1 saturated carbocycles. The number of amides is 3. The van der Waals surface area contributed by atoms with Crippen molar-refractivity contribution >= 4 is 35.8 Å². The summed E-state index contributed by atoms with van der Waals surface area (Å²) in [6, 6.07) is 18.2. The number of para-hydroxylation sites is 1. The van der Waals surface area contributed by atoms with E-state index in [1.54, 1.807) is 9.80 Å². The van der Waals surface area contributed by atoms with Crippen LogP contribution in [-0.4, -0.2) is 102 Å². The molecule has 1 saturated heterocycles. The lowest BCUT2D eigenvalue weighted by molar-refractivity contribution is -0.123. The van der Waals surface area contributed by atoms with E-state index in [1.165, 1.54) is 43.1 Å². The van der Waals surface area contributed by atoms with E-state index in [-0.39, 0.29) is 37.0 Å². The van der Waals surface area contributed by atoms with E-state index in [4.69, 9.17) is 14.6 Å². The van der Waals surface area contributed by atoms with Gasteiger partial charge in [-0.05, 0) is 63.4 Å². The van der Waals surface area contributed by atoms with E-state index in [9.17, 15) is 14.4 Å². The second-order valence-corrected chi connectivity index (χ2v) is 13.0. The van der Waals surface area contributed by atoms with Crippen LogP contribution in [0, 0.1) is 5.92 Å². The molecule has 2 aromatic carbocycles. The maximum atomic E-state index is 13.1. The normalized spacial score (nSPS) is 16.7. The van der Waals surface area contributed by atoms with Crippen LogP contribution in [0.3, 0.4) is 0 Å². The van der Waals surface area contributed by atoms with Gasteiger partial charge in [0, 0.05) is 48.7 Å². The van der Waals surface area contributed by atoms with Crippen LogP contribution in [0.2, 0.25) is 0 Å². The van der Waals surface area contributed by atoms with Gasteiger partial charge in [0.05, 0.1) is 12.6 Å². The number of carbonyl (C=O) groups excluding carboxylic acids is 3. The Morgan fingerprint density at radius 3 is 2.26 bits per heavy atom. The van der Waals surface area contributed by atoms with Crippen molar-refractivity contribution in [3.63, 3.8) is 0 Å². The van der Waals surface area contributed by atoms with E-state index in [0.29, 0.717) is 38.1 Å². The lowest BCUT2D eigenvalue weighted by Gasteiger charge is -2.30. The Hall–Kier alpha value is -4.38. The number of hydrogen-bond acceptors (Lipinski definition) is 6. The number of likely N-dealkylation sites (tertiary alicyclic amines) is 1. The van der Waals surface area contributed by atoms with Gasteiger partial charge >= 0.3 is 6.09 Å². The molecule has 2 heterocycles. The summed E-state index contributed by atoms with van der Waals surface area (Å²) in [5.41, 5.74) is 3.22. The van der Waals surface area contributed by atoms with Crippen LogP contribution < -0.4 is 5.32 Å². The van der Waals surface area contributed by atoms with Crippen molar-refractivity contribution in [2.45, 2.75) is 90.8 Å². The van der Waals surface area contributed by atoms with Crippen molar-refractivity contribution in [3.8, 4) is 0 Å². The van der Waals surface area contributed by atoms with Gasteiger partial charge in [-0.3, -0.25) is 14.4 Å². The first-order chi connectivity index (χ1) is 24.2. The third-order valence-corrected chi connectivity index (χ3v) is 9.05. The average molecular weight is 694 g/mol. The SMILES string of the molecule is CC.CC(CN(C(=O)OCc1ccccc1)C1CCN(C=O)C1)c1c[nH]c2ccccc12.CC(NC(=O)CN(C)C)C1CCCCC1.O=CO. The predicted octanol–water partition coefficient (Wildman–Crippen LogP) is 6.50. The summed E-state index contributed by atoms with van der Waals surface area (Å²) in [7, 11) is 3.84. The quantitative estimate of drug-likeness (QED) is 0.195.